The summed E-state index contributed by atoms with van der Waals surface area (Å²) in [4.78, 5) is 19.7. The largest absolute Gasteiger partial charge is 0.497 e. The fraction of sp³-hybridized carbons (Fsp3) is 0.280. The van der Waals surface area contributed by atoms with Crippen LogP contribution in [0.5, 0.6) is 5.75 Å². The lowest BCUT2D eigenvalue weighted by Gasteiger charge is -2.32. The zero-order chi connectivity index (χ0) is 20.1. The summed E-state index contributed by atoms with van der Waals surface area (Å²) in [6.07, 6.45) is 2.54. The summed E-state index contributed by atoms with van der Waals surface area (Å²) >= 11 is 0. The first-order valence-corrected chi connectivity index (χ1v) is 10.2. The third kappa shape index (κ3) is 4.65. The van der Waals surface area contributed by atoms with E-state index >= 15 is 0 Å². The number of methoxy groups -OCH3 is 1. The molecule has 2 heterocycles. The van der Waals surface area contributed by atoms with E-state index in [2.05, 4.69) is 12.1 Å². The third-order valence-electron chi connectivity index (χ3n) is 5.55. The van der Waals surface area contributed by atoms with Crippen molar-refractivity contribution in [3.63, 3.8) is 0 Å². The number of hydrogen-bond donors (Lipinski definition) is 0. The average molecular weight is 386 g/mol. The number of carbonyl (C=O) groups is 1. The van der Waals surface area contributed by atoms with Gasteiger partial charge in [-0.05, 0) is 54.8 Å². The second-order valence-corrected chi connectivity index (χ2v) is 7.52. The molecule has 1 atom stereocenters. The number of rotatable bonds is 5. The minimum Gasteiger partial charge on any atom is -0.497 e. The molecular weight excluding hydrogens is 360 g/mol. The van der Waals surface area contributed by atoms with Gasteiger partial charge in [-0.25, -0.2) is 0 Å². The topological polar surface area (TPSA) is 42.4 Å². The fourth-order valence-electron chi connectivity index (χ4n) is 3.93. The van der Waals surface area contributed by atoms with Gasteiger partial charge in [0, 0.05) is 30.3 Å². The smallest absolute Gasteiger partial charge is 0.227 e. The second-order valence-electron chi connectivity index (χ2n) is 7.52. The Kier molecular flexibility index (Phi) is 5.89. The van der Waals surface area contributed by atoms with Crippen molar-refractivity contribution in [2.24, 2.45) is 0 Å². The molecule has 29 heavy (non-hydrogen) atoms. The monoisotopic (exact) mass is 386 g/mol. The molecule has 2 aromatic carbocycles. The van der Waals surface area contributed by atoms with Crippen molar-refractivity contribution in [3.8, 4) is 17.0 Å². The Hall–Kier alpha value is -3.14. The summed E-state index contributed by atoms with van der Waals surface area (Å²) in [6.45, 7) is 1.57. The predicted molar refractivity (Wildman–Crippen MR) is 115 cm³/mol. The van der Waals surface area contributed by atoms with E-state index in [-0.39, 0.29) is 11.8 Å². The predicted octanol–water partition coefficient (Wildman–Crippen LogP) is 4.71. The van der Waals surface area contributed by atoms with E-state index in [0.29, 0.717) is 6.42 Å². The van der Waals surface area contributed by atoms with E-state index in [4.69, 9.17) is 9.72 Å². The van der Waals surface area contributed by atoms with Crippen LogP contribution in [0.2, 0.25) is 0 Å². The van der Waals surface area contributed by atoms with Gasteiger partial charge in [0.25, 0.3) is 0 Å². The van der Waals surface area contributed by atoms with Gasteiger partial charge < -0.3 is 9.64 Å². The van der Waals surface area contributed by atoms with E-state index in [1.807, 2.05) is 65.6 Å². The van der Waals surface area contributed by atoms with E-state index in [1.54, 1.807) is 7.11 Å². The molecule has 4 nitrogen and oxygen atoms in total. The van der Waals surface area contributed by atoms with Crippen molar-refractivity contribution in [2.75, 3.05) is 20.2 Å². The van der Waals surface area contributed by atoms with Gasteiger partial charge in [-0.15, -0.1) is 0 Å². The van der Waals surface area contributed by atoms with E-state index < -0.39 is 0 Å². The van der Waals surface area contributed by atoms with Crippen molar-refractivity contribution < 1.29 is 9.53 Å². The van der Waals surface area contributed by atoms with Crippen molar-refractivity contribution in [1.82, 2.24) is 9.88 Å². The SMILES string of the molecule is COc1ccc(-c2cccc(C3CCCN(C(=O)Cc4ccccc4)C3)n2)cc1. The van der Waals surface area contributed by atoms with Gasteiger partial charge in [-0.3, -0.25) is 9.78 Å². The number of benzene rings is 2. The molecule has 1 amide bonds. The van der Waals surface area contributed by atoms with Crippen LogP contribution in [0.1, 0.15) is 30.0 Å². The molecule has 4 heteroatoms. The Morgan fingerprint density at radius 1 is 1.03 bits per heavy atom. The van der Waals surface area contributed by atoms with Gasteiger partial charge in [-0.2, -0.15) is 0 Å². The minimum absolute atomic E-state index is 0.201. The van der Waals surface area contributed by atoms with Gasteiger partial charge in [-0.1, -0.05) is 36.4 Å². The van der Waals surface area contributed by atoms with Crippen LogP contribution < -0.4 is 4.74 Å². The highest BCUT2D eigenvalue weighted by molar-refractivity contribution is 5.79. The molecule has 0 aliphatic carbocycles. The minimum atomic E-state index is 0.201. The van der Waals surface area contributed by atoms with Crippen LogP contribution in [0.3, 0.4) is 0 Å². The van der Waals surface area contributed by atoms with Crippen LogP contribution in [0, 0.1) is 0 Å². The highest BCUT2D eigenvalue weighted by atomic mass is 16.5. The maximum absolute atomic E-state index is 12.8. The number of likely N-dealkylation sites (tertiary alicyclic amines) is 1. The van der Waals surface area contributed by atoms with Crippen LogP contribution in [0.15, 0.2) is 72.8 Å². The number of pyridine rings is 1. The quantitative estimate of drug-likeness (QED) is 0.638. The standard InChI is InChI=1S/C25H26N2O2/c1-29-22-14-12-20(13-15-22)23-10-5-11-24(26-23)21-9-6-16-27(18-21)25(28)17-19-7-3-2-4-8-19/h2-5,7-8,10-15,21H,6,9,16-18H2,1H3. The lowest BCUT2D eigenvalue weighted by molar-refractivity contribution is -0.131. The molecule has 1 aliphatic rings. The lowest BCUT2D eigenvalue weighted by atomic mass is 9.93. The van der Waals surface area contributed by atoms with Crippen LogP contribution in [0.4, 0.5) is 0 Å². The Balaban J connectivity index is 1.47. The Morgan fingerprint density at radius 2 is 1.83 bits per heavy atom. The molecule has 0 radical (unpaired) electrons. The number of carbonyl (C=O) groups excluding carboxylic acids is 1. The van der Waals surface area contributed by atoms with Gasteiger partial charge in [0.1, 0.15) is 5.75 Å². The molecule has 1 aromatic heterocycles. The summed E-state index contributed by atoms with van der Waals surface area (Å²) < 4.78 is 5.24. The molecule has 1 unspecified atom stereocenters. The highest BCUT2D eigenvalue weighted by Crippen LogP contribution is 2.28. The van der Waals surface area contributed by atoms with Crippen molar-refractivity contribution >= 4 is 5.91 Å². The fourth-order valence-corrected chi connectivity index (χ4v) is 3.93. The number of piperidine rings is 1. The first-order valence-electron chi connectivity index (χ1n) is 10.2. The molecule has 1 saturated heterocycles. The van der Waals surface area contributed by atoms with Gasteiger partial charge in [0.2, 0.25) is 5.91 Å². The molecule has 3 aromatic rings. The number of amides is 1. The number of ether oxygens (including phenoxy) is 1. The van der Waals surface area contributed by atoms with Crippen molar-refractivity contribution in [2.45, 2.75) is 25.2 Å². The molecule has 148 valence electrons. The average Bonchev–Trinajstić information content (AvgIpc) is 2.80. The first kappa shape index (κ1) is 19.2. The summed E-state index contributed by atoms with van der Waals surface area (Å²) in [5.41, 5.74) is 4.16. The Bertz CT molecular complexity index is 954. The highest BCUT2D eigenvalue weighted by Gasteiger charge is 2.25. The maximum Gasteiger partial charge on any atom is 0.227 e. The van der Waals surface area contributed by atoms with Crippen molar-refractivity contribution in [1.29, 1.82) is 0 Å². The summed E-state index contributed by atoms with van der Waals surface area (Å²) in [5.74, 6) is 1.32. The first-order chi connectivity index (χ1) is 14.2. The number of aromatic nitrogens is 1. The number of nitrogens with zero attached hydrogens (tertiary/aromatic N) is 2. The van der Waals surface area contributed by atoms with E-state index in [1.165, 1.54) is 0 Å². The van der Waals surface area contributed by atoms with Gasteiger partial charge >= 0.3 is 0 Å². The van der Waals surface area contributed by atoms with Crippen LogP contribution >= 0.6 is 0 Å². The van der Waals surface area contributed by atoms with E-state index in [0.717, 1.165) is 54.2 Å². The molecule has 0 spiro atoms. The molecular formula is C25H26N2O2. The Labute approximate surface area is 172 Å². The molecule has 0 saturated carbocycles. The number of hydrogen-bond acceptors (Lipinski definition) is 3. The molecule has 1 fully saturated rings. The lowest BCUT2D eigenvalue weighted by Crippen LogP contribution is -2.40. The summed E-state index contributed by atoms with van der Waals surface area (Å²) in [6, 6.07) is 24.1. The normalized spacial score (nSPS) is 16.4. The van der Waals surface area contributed by atoms with Crippen molar-refractivity contribution in [3.05, 3.63) is 84.1 Å². The zero-order valence-electron chi connectivity index (χ0n) is 16.8. The zero-order valence-corrected chi connectivity index (χ0v) is 16.8. The van der Waals surface area contributed by atoms with Crippen LogP contribution in [-0.2, 0) is 11.2 Å². The summed E-state index contributed by atoms with van der Waals surface area (Å²) in [5, 5.41) is 0. The van der Waals surface area contributed by atoms with Gasteiger partial charge in [0.15, 0.2) is 0 Å². The molecule has 4 rings (SSSR count). The maximum atomic E-state index is 12.8. The van der Waals surface area contributed by atoms with E-state index in [9.17, 15) is 4.79 Å². The van der Waals surface area contributed by atoms with Gasteiger partial charge in [0.05, 0.1) is 19.2 Å². The molecule has 1 aliphatic heterocycles. The van der Waals surface area contributed by atoms with Crippen LogP contribution in [0.25, 0.3) is 11.3 Å². The van der Waals surface area contributed by atoms with Crippen LogP contribution in [-0.4, -0.2) is 36.0 Å². The molecule has 0 bridgehead atoms. The Morgan fingerprint density at radius 3 is 2.59 bits per heavy atom. The second kappa shape index (κ2) is 8.91. The third-order valence-corrected chi connectivity index (χ3v) is 5.55. The molecule has 0 N–H and O–H groups in total. The summed E-state index contributed by atoms with van der Waals surface area (Å²) in [7, 11) is 1.67.